The van der Waals surface area contributed by atoms with Gasteiger partial charge < -0.3 is 0 Å². The van der Waals surface area contributed by atoms with E-state index >= 15 is 0 Å². The molecule has 6 heteroatoms. The summed E-state index contributed by atoms with van der Waals surface area (Å²) in [6, 6.07) is 11.2. The number of pyridine rings is 1. The fourth-order valence-electron chi connectivity index (χ4n) is 2.42. The molecule has 4 nitrogen and oxygen atoms in total. The van der Waals surface area contributed by atoms with E-state index in [1.807, 2.05) is 0 Å². The Bertz CT molecular complexity index is 749. The SMILES string of the molecule is CC(=O)c1cccc(C(C)=O)n1.CC(C)c1cccc(C(C)C)c1[N]=[Co].Cl. The van der Waals surface area contributed by atoms with Gasteiger partial charge in [0.05, 0.1) is 0 Å². The second-order valence-electron chi connectivity index (χ2n) is 6.69. The van der Waals surface area contributed by atoms with Crippen molar-refractivity contribution in [1.29, 1.82) is 0 Å². The Kier molecular flexibility index (Phi) is 11.2. The van der Waals surface area contributed by atoms with Crippen molar-refractivity contribution in [2.45, 2.75) is 53.4 Å². The number of halogens is 1. The van der Waals surface area contributed by atoms with Gasteiger partial charge in [-0.1, -0.05) is 6.07 Å². The van der Waals surface area contributed by atoms with Crippen molar-refractivity contribution >= 4 is 29.7 Å². The van der Waals surface area contributed by atoms with Crippen LogP contribution in [0.2, 0.25) is 0 Å². The van der Waals surface area contributed by atoms with Crippen molar-refractivity contribution in [3.05, 3.63) is 58.9 Å². The van der Waals surface area contributed by atoms with Crippen LogP contribution in [-0.4, -0.2) is 16.6 Å². The quantitative estimate of drug-likeness (QED) is 0.527. The number of rotatable bonds is 5. The third-order valence-electron chi connectivity index (χ3n) is 3.89. The van der Waals surface area contributed by atoms with E-state index in [9.17, 15) is 9.59 Å². The van der Waals surface area contributed by atoms with Crippen molar-refractivity contribution < 1.29 is 25.1 Å². The summed E-state index contributed by atoms with van der Waals surface area (Å²) in [6.07, 6.45) is 0. The van der Waals surface area contributed by atoms with E-state index in [1.54, 1.807) is 18.2 Å². The predicted octanol–water partition coefficient (Wildman–Crippen LogP) is 6.20. The molecule has 2 aromatic rings. The molecule has 0 aliphatic heterocycles. The molecular formula is C21H27ClCoN2O2. The molecule has 0 spiro atoms. The van der Waals surface area contributed by atoms with Crippen molar-refractivity contribution in [2.24, 2.45) is 4.00 Å². The Hall–Kier alpha value is -1.69. The summed E-state index contributed by atoms with van der Waals surface area (Å²) < 4.78 is 4.10. The maximum atomic E-state index is 10.8. The molecule has 0 amide bonds. The van der Waals surface area contributed by atoms with E-state index in [0.717, 1.165) is 5.69 Å². The molecule has 1 heterocycles. The zero-order chi connectivity index (χ0) is 19.9. The van der Waals surface area contributed by atoms with E-state index in [2.05, 4.69) is 70.4 Å². The Morgan fingerprint density at radius 2 is 1.22 bits per heavy atom. The second-order valence-corrected chi connectivity index (χ2v) is 6.92. The van der Waals surface area contributed by atoms with E-state index in [1.165, 1.54) is 25.0 Å². The molecule has 0 radical (unpaired) electrons. The molecule has 0 aliphatic carbocycles. The fraction of sp³-hybridized carbons (Fsp3) is 0.381. The minimum atomic E-state index is -0.127. The summed E-state index contributed by atoms with van der Waals surface area (Å²) in [6.45, 7) is 11.6. The smallest absolute Gasteiger partial charge is 0.147 e. The van der Waals surface area contributed by atoms with Crippen LogP contribution in [0.25, 0.3) is 0 Å². The van der Waals surface area contributed by atoms with Gasteiger partial charge in [-0.2, -0.15) is 0 Å². The average molecular weight is 434 g/mol. The fourth-order valence-corrected chi connectivity index (χ4v) is 2.69. The average Bonchev–Trinajstić information content (AvgIpc) is 2.61. The summed E-state index contributed by atoms with van der Waals surface area (Å²) in [5.74, 6) is 0.744. The van der Waals surface area contributed by atoms with Gasteiger partial charge in [-0.15, -0.1) is 12.4 Å². The first-order valence-corrected chi connectivity index (χ1v) is 9.07. The number of carbonyl (C=O) groups excluding carboxylic acids is 2. The van der Waals surface area contributed by atoms with Crippen LogP contribution < -0.4 is 0 Å². The maximum absolute atomic E-state index is 10.8. The van der Waals surface area contributed by atoms with Crippen molar-refractivity contribution in [1.82, 2.24) is 4.98 Å². The molecular weight excluding hydrogens is 407 g/mol. The number of benzene rings is 1. The number of hydrogen-bond acceptors (Lipinski definition) is 4. The van der Waals surface area contributed by atoms with Crippen LogP contribution in [0.15, 0.2) is 40.4 Å². The van der Waals surface area contributed by atoms with Crippen molar-refractivity contribution in [2.75, 3.05) is 0 Å². The summed E-state index contributed by atoms with van der Waals surface area (Å²) in [7, 11) is 0. The molecule has 0 fully saturated rings. The van der Waals surface area contributed by atoms with Crippen molar-refractivity contribution in [3.8, 4) is 0 Å². The summed E-state index contributed by atoms with van der Waals surface area (Å²) in [4.78, 5) is 25.6. The molecule has 1 aromatic carbocycles. The van der Waals surface area contributed by atoms with Crippen LogP contribution in [0, 0.1) is 0 Å². The summed E-state index contributed by atoms with van der Waals surface area (Å²) in [5.41, 5.74) is 4.29. The number of hydrogen-bond donors (Lipinski definition) is 0. The molecule has 0 N–H and O–H groups in total. The topological polar surface area (TPSA) is 59.4 Å². The molecule has 0 unspecified atom stereocenters. The zero-order valence-electron chi connectivity index (χ0n) is 16.6. The van der Waals surface area contributed by atoms with Crippen LogP contribution in [0.4, 0.5) is 5.69 Å². The number of ketones is 2. The largest absolute Gasteiger partial charge is 0.147 e. The first kappa shape index (κ1) is 25.3. The Balaban J connectivity index is 0.000000488. The predicted molar refractivity (Wildman–Crippen MR) is 108 cm³/mol. The van der Waals surface area contributed by atoms with Gasteiger partial charge in [-0.3, -0.25) is 9.59 Å². The van der Waals surface area contributed by atoms with Gasteiger partial charge >= 0.3 is 94.1 Å². The molecule has 0 bridgehead atoms. The van der Waals surface area contributed by atoms with Crippen LogP contribution >= 0.6 is 12.4 Å². The second kappa shape index (κ2) is 11.9. The molecule has 0 atom stereocenters. The van der Waals surface area contributed by atoms with Crippen LogP contribution in [0.3, 0.4) is 0 Å². The third kappa shape index (κ3) is 7.44. The first-order valence-electron chi connectivity index (χ1n) is 8.60. The van der Waals surface area contributed by atoms with E-state index in [-0.39, 0.29) is 24.0 Å². The van der Waals surface area contributed by atoms with Crippen LogP contribution in [-0.2, 0) is 15.5 Å². The maximum Gasteiger partial charge on any atom is -0.147 e. The van der Waals surface area contributed by atoms with Gasteiger partial charge in [0.15, 0.2) is 11.6 Å². The number of aromatic nitrogens is 1. The Morgan fingerprint density at radius 1 is 0.852 bits per heavy atom. The molecule has 2 rings (SSSR count). The van der Waals surface area contributed by atoms with E-state index in [0.29, 0.717) is 23.2 Å². The molecule has 0 aliphatic rings. The van der Waals surface area contributed by atoms with Crippen LogP contribution in [0.1, 0.15) is 85.5 Å². The Labute approximate surface area is 176 Å². The first-order chi connectivity index (χ1) is 12.2. The number of Topliss-reactive ketones (excluding diaryl/α,β-unsaturated/α-hetero) is 2. The molecule has 0 saturated carbocycles. The number of nitrogens with zero attached hydrogens (tertiary/aromatic N) is 2. The molecule has 149 valence electrons. The van der Waals surface area contributed by atoms with Gasteiger partial charge in [0.2, 0.25) is 0 Å². The van der Waals surface area contributed by atoms with Gasteiger partial charge in [0.1, 0.15) is 11.4 Å². The van der Waals surface area contributed by atoms with Crippen LogP contribution in [0.5, 0.6) is 0 Å². The van der Waals surface area contributed by atoms with Gasteiger partial charge in [-0.05, 0) is 12.1 Å². The van der Waals surface area contributed by atoms with Gasteiger partial charge in [-0.25, -0.2) is 4.98 Å². The molecule has 0 saturated heterocycles. The summed E-state index contributed by atoms with van der Waals surface area (Å²) >= 11 is 4.11. The number of carbonyl (C=O) groups is 2. The minimum absolute atomic E-state index is 0. The zero-order valence-corrected chi connectivity index (χ0v) is 18.4. The monoisotopic (exact) mass is 433 g/mol. The third-order valence-corrected chi connectivity index (χ3v) is 4.12. The van der Waals surface area contributed by atoms with E-state index < -0.39 is 0 Å². The summed E-state index contributed by atoms with van der Waals surface area (Å²) in [5, 5.41) is 0. The molecule has 27 heavy (non-hydrogen) atoms. The van der Waals surface area contributed by atoms with Crippen molar-refractivity contribution in [3.63, 3.8) is 0 Å². The normalized spacial score (nSPS) is 9.96. The van der Waals surface area contributed by atoms with Gasteiger partial charge in [0.25, 0.3) is 0 Å². The van der Waals surface area contributed by atoms with E-state index in [4.69, 9.17) is 0 Å². The Morgan fingerprint density at radius 3 is 1.52 bits per heavy atom. The standard InChI is InChI=1S/C12H17N.C9H9NO2.ClH.Co/c1-8(2)10-6-5-7-11(9(3)4)12(10)13;1-6(11)8-4-3-5-9(10-8)7(2)12;;/h5-9H,1-4H3;3-5H,1-2H3;1H;. The molecule has 1 aromatic heterocycles. The minimum Gasteiger partial charge on any atom is -0.147 e. The van der Waals surface area contributed by atoms with Gasteiger partial charge in [0, 0.05) is 13.8 Å².